The van der Waals surface area contributed by atoms with E-state index in [1.807, 2.05) is 13.8 Å². The van der Waals surface area contributed by atoms with Crippen molar-refractivity contribution < 1.29 is 9.59 Å². The molecule has 1 aliphatic rings. The van der Waals surface area contributed by atoms with Gasteiger partial charge in [0, 0.05) is 24.5 Å². The van der Waals surface area contributed by atoms with E-state index < -0.39 is 5.25 Å². The van der Waals surface area contributed by atoms with Crippen LogP contribution >= 0.6 is 35.0 Å². The van der Waals surface area contributed by atoms with Crippen LogP contribution in [-0.4, -0.2) is 40.2 Å². The van der Waals surface area contributed by atoms with Gasteiger partial charge in [-0.15, -0.1) is 0 Å². The van der Waals surface area contributed by atoms with E-state index in [2.05, 4.69) is 10.3 Å². The van der Waals surface area contributed by atoms with Crippen molar-refractivity contribution in [1.82, 2.24) is 10.2 Å². The number of halogens is 2. The van der Waals surface area contributed by atoms with Gasteiger partial charge in [0.2, 0.25) is 11.8 Å². The van der Waals surface area contributed by atoms with Gasteiger partial charge in [0.15, 0.2) is 5.17 Å². The SMILES string of the molecule is CCNC(=O)CC1SC(=Nc2ccc(Cl)cc2Cl)N(CC)C1=O. The summed E-state index contributed by atoms with van der Waals surface area (Å²) in [7, 11) is 0. The number of benzene rings is 1. The molecule has 1 saturated heterocycles. The van der Waals surface area contributed by atoms with Crippen LogP contribution < -0.4 is 5.32 Å². The first-order valence-electron chi connectivity index (χ1n) is 7.24. The Kier molecular flexibility index (Phi) is 6.33. The van der Waals surface area contributed by atoms with E-state index in [0.717, 1.165) is 0 Å². The minimum atomic E-state index is -0.452. The second-order valence-corrected chi connectivity index (χ2v) is 6.85. The monoisotopic (exact) mass is 373 g/mol. The van der Waals surface area contributed by atoms with Crippen LogP contribution in [0.1, 0.15) is 20.3 Å². The van der Waals surface area contributed by atoms with Crippen LogP contribution in [0.2, 0.25) is 10.0 Å². The Balaban J connectivity index is 2.22. The van der Waals surface area contributed by atoms with Crippen LogP contribution in [0.15, 0.2) is 23.2 Å². The van der Waals surface area contributed by atoms with E-state index in [9.17, 15) is 9.59 Å². The third-order valence-corrected chi connectivity index (χ3v) is 4.92. The van der Waals surface area contributed by atoms with Crippen LogP contribution in [0, 0.1) is 0 Å². The van der Waals surface area contributed by atoms with E-state index in [1.165, 1.54) is 11.8 Å². The molecule has 5 nitrogen and oxygen atoms in total. The molecule has 1 heterocycles. The molecule has 1 aromatic carbocycles. The molecular weight excluding hydrogens is 357 g/mol. The fraction of sp³-hybridized carbons (Fsp3) is 0.400. The second-order valence-electron chi connectivity index (χ2n) is 4.84. The van der Waals surface area contributed by atoms with Crippen LogP contribution in [-0.2, 0) is 9.59 Å². The van der Waals surface area contributed by atoms with Gasteiger partial charge in [-0.1, -0.05) is 35.0 Å². The summed E-state index contributed by atoms with van der Waals surface area (Å²) in [6.07, 6.45) is 0.140. The Labute approximate surface area is 149 Å². The number of nitrogens with zero attached hydrogens (tertiary/aromatic N) is 2. The van der Waals surface area contributed by atoms with Crippen molar-refractivity contribution in [1.29, 1.82) is 0 Å². The summed E-state index contributed by atoms with van der Waals surface area (Å²) in [5.41, 5.74) is 0.545. The summed E-state index contributed by atoms with van der Waals surface area (Å²) in [5, 5.41) is 3.75. The predicted molar refractivity (Wildman–Crippen MR) is 95.6 cm³/mol. The number of amidine groups is 1. The van der Waals surface area contributed by atoms with Gasteiger partial charge >= 0.3 is 0 Å². The number of rotatable bonds is 5. The van der Waals surface area contributed by atoms with Crippen molar-refractivity contribution in [3.05, 3.63) is 28.2 Å². The fourth-order valence-corrected chi connectivity index (χ4v) is 3.79. The quantitative estimate of drug-likeness (QED) is 0.859. The molecule has 1 N–H and O–H groups in total. The lowest BCUT2D eigenvalue weighted by Crippen LogP contribution is -2.34. The van der Waals surface area contributed by atoms with Crippen molar-refractivity contribution in [3.8, 4) is 0 Å². The molecule has 0 aromatic heterocycles. The average Bonchev–Trinajstić information content (AvgIpc) is 2.77. The smallest absolute Gasteiger partial charge is 0.242 e. The largest absolute Gasteiger partial charge is 0.356 e. The number of amides is 2. The highest BCUT2D eigenvalue weighted by Crippen LogP contribution is 2.34. The maximum absolute atomic E-state index is 12.4. The third-order valence-electron chi connectivity index (χ3n) is 3.21. The van der Waals surface area contributed by atoms with Crippen molar-refractivity contribution in [2.75, 3.05) is 13.1 Å². The summed E-state index contributed by atoms with van der Waals surface area (Å²) in [5.74, 6) is -0.243. The molecule has 1 aromatic rings. The van der Waals surface area contributed by atoms with Gasteiger partial charge in [0.1, 0.15) is 5.25 Å². The first-order chi connectivity index (χ1) is 11.0. The van der Waals surface area contributed by atoms with E-state index in [1.54, 1.807) is 23.1 Å². The standard InChI is InChI=1S/C15H17Cl2N3O2S/c1-3-18-13(21)8-12-14(22)20(4-2)15(23-12)19-11-6-5-9(16)7-10(11)17/h5-7,12H,3-4,8H2,1-2H3,(H,18,21). The van der Waals surface area contributed by atoms with Gasteiger partial charge in [0.05, 0.1) is 10.7 Å². The molecule has 124 valence electrons. The van der Waals surface area contributed by atoms with Crippen LogP contribution in [0.25, 0.3) is 0 Å². The van der Waals surface area contributed by atoms with Crippen molar-refractivity contribution >= 4 is 57.6 Å². The van der Waals surface area contributed by atoms with Crippen LogP contribution in [0.5, 0.6) is 0 Å². The minimum Gasteiger partial charge on any atom is -0.356 e. The van der Waals surface area contributed by atoms with Crippen LogP contribution in [0.3, 0.4) is 0 Å². The molecule has 0 radical (unpaired) electrons. The zero-order valence-electron chi connectivity index (χ0n) is 12.8. The maximum Gasteiger partial charge on any atom is 0.242 e. The molecule has 8 heteroatoms. The minimum absolute atomic E-state index is 0.104. The molecule has 0 aliphatic carbocycles. The second kappa shape index (κ2) is 8.04. The molecular formula is C15H17Cl2N3O2S. The first-order valence-corrected chi connectivity index (χ1v) is 8.88. The Bertz CT molecular complexity index is 652. The highest BCUT2D eigenvalue weighted by atomic mass is 35.5. The Morgan fingerprint density at radius 2 is 2.13 bits per heavy atom. The maximum atomic E-state index is 12.4. The number of carbonyl (C=O) groups is 2. The topological polar surface area (TPSA) is 61.8 Å². The molecule has 0 spiro atoms. The van der Waals surface area contributed by atoms with Gasteiger partial charge in [-0.05, 0) is 32.0 Å². The molecule has 1 aliphatic heterocycles. The summed E-state index contributed by atoms with van der Waals surface area (Å²) >= 11 is 13.3. The predicted octanol–water partition coefficient (Wildman–Crippen LogP) is 3.47. The van der Waals surface area contributed by atoms with Crippen molar-refractivity contribution in [2.24, 2.45) is 4.99 Å². The van der Waals surface area contributed by atoms with Gasteiger partial charge in [0.25, 0.3) is 0 Å². The summed E-state index contributed by atoms with van der Waals surface area (Å²) < 4.78 is 0. The number of hydrogen-bond acceptors (Lipinski definition) is 4. The van der Waals surface area contributed by atoms with Crippen LogP contribution in [0.4, 0.5) is 5.69 Å². The van der Waals surface area contributed by atoms with Gasteiger partial charge in [-0.3, -0.25) is 14.5 Å². The normalized spacial score (nSPS) is 19.5. The van der Waals surface area contributed by atoms with E-state index in [4.69, 9.17) is 23.2 Å². The fourth-order valence-electron chi connectivity index (χ4n) is 2.13. The number of carbonyl (C=O) groups excluding carboxylic acids is 2. The van der Waals surface area contributed by atoms with Gasteiger partial charge < -0.3 is 5.32 Å². The average molecular weight is 374 g/mol. The summed E-state index contributed by atoms with van der Waals surface area (Å²) in [6.45, 7) is 4.74. The highest BCUT2D eigenvalue weighted by Gasteiger charge is 2.38. The zero-order valence-corrected chi connectivity index (χ0v) is 15.1. The summed E-state index contributed by atoms with van der Waals surface area (Å²) in [6, 6.07) is 5.00. The Hall–Kier alpha value is -1.24. The molecule has 23 heavy (non-hydrogen) atoms. The molecule has 1 fully saturated rings. The number of nitrogens with one attached hydrogen (secondary N) is 1. The van der Waals surface area contributed by atoms with Crippen molar-refractivity contribution in [3.63, 3.8) is 0 Å². The lowest BCUT2D eigenvalue weighted by atomic mass is 10.2. The zero-order chi connectivity index (χ0) is 17.0. The lowest BCUT2D eigenvalue weighted by Gasteiger charge is -2.13. The van der Waals surface area contributed by atoms with Crippen molar-refractivity contribution in [2.45, 2.75) is 25.5 Å². The molecule has 0 bridgehead atoms. The Morgan fingerprint density at radius 1 is 1.39 bits per heavy atom. The molecule has 1 unspecified atom stereocenters. The molecule has 0 saturated carbocycles. The first kappa shape index (κ1) is 18.1. The number of hydrogen-bond donors (Lipinski definition) is 1. The van der Waals surface area contributed by atoms with E-state index >= 15 is 0 Å². The molecule has 2 amide bonds. The van der Waals surface area contributed by atoms with Gasteiger partial charge in [-0.2, -0.15) is 0 Å². The summed E-state index contributed by atoms with van der Waals surface area (Å²) in [4.78, 5) is 30.2. The van der Waals surface area contributed by atoms with E-state index in [-0.39, 0.29) is 18.2 Å². The van der Waals surface area contributed by atoms with E-state index in [0.29, 0.717) is 34.0 Å². The molecule has 1 atom stereocenters. The lowest BCUT2D eigenvalue weighted by molar-refractivity contribution is -0.129. The Morgan fingerprint density at radius 3 is 2.74 bits per heavy atom. The number of thioether (sulfide) groups is 1. The third kappa shape index (κ3) is 4.40. The highest BCUT2D eigenvalue weighted by molar-refractivity contribution is 8.15. The van der Waals surface area contributed by atoms with Gasteiger partial charge in [-0.25, -0.2) is 4.99 Å². The number of aliphatic imine (C=N–C) groups is 1. The molecule has 2 rings (SSSR count).